The van der Waals surface area contributed by atoms with E-state index in [4.69, 9.17) is 0 Å². The molecule has 0 unspecified atom stereocenters. The molecule has 2 aromatic carbocycles. The number of aromatic hydroxyl groups is 1. The predicted molar refractivity (Wildman–Crippen MR) is 70.3 cm³/mol. The number of phenols is 1. The van der Waals surface area contributed by atoms with Crippen molar-refractivity contribution in [1.29, 1.82) is 0 Å². The van der Waals surface area contributed by atoms with Gasteiger partial charge in [-0.15, -0.1) is 0 Å². The van der Waals surface area contributed by atoms with E-state index < -0.39 is 0 Å². The molecule has 0 saturated heterocycles. The molecule has 0 aliphatic rings. The van der Waals surface area contributed by atoms with Gasteiger partial charge in [-0.1, -0.05) is 18.2 Å². The molecule has 0 radical (unpaired) electrons. The van der Waals surface area contributed by atoms with Gasteiger partial charge in [0.15, 0.2) is 0 Å². The van der Waals surface area contributed by atoms with Crippen LogP contribution in [0.25, 0.3) is 0 Å². The molecule has 0 aliphatic carbocycles. The fraction of sp³-hybridized carbons (Fsp3) is 0.133. The minimum absolute atomic E-state index is 0.0463. The van der Waals surface area contributed by atoms with Gasteiger partial charge in [-0.25, -0.2) is 4.39 Å². The van der Waals surface area contributed by atoms with Gasteiger partial charge < -0.3 is 10.0 Å². The molecule has 1 N–H and O–H groups in total. The van der Waals surface area contributed by atoms with E-state index in [-0.39, 0.29) is 17.5 Å². The lowest BCUT2D eigenvalue weighted by atomic mass is 10.1. The lowest BCUT2D eigenvalue weighted by molar-refractivity contribution is 0.0784. The summed E-state index contributed by atoms with van der Waals surface area (Å²) in [5.41, 5.74) is 1.12. The minimum Gasteiger partial charge on any atom is -0.508 e. The number of carbonyl (C=O) groups excluding carboxylic acids is 1. The highest BCUT2D eigenvalue weighted by Gasteiger charge is 2.12. The van der Waals surface area contributed by atoms with Crippen LogP contribution in [0.3, 0.4) is 0 Å². The van der Waals surface area contributed by atoms with Gasteiger partial charge in [-0.2, -0.15) is 0 Å². The summed E-state index contributed by atoms with van der Waals surface area (Å²) in [5, 5.41) is 9.35. The molecule has 0 aliphatic heterocycles. The largest absolute Gasteiger partial charge is 0.508 e. The normalized spacial score (nSPS) is 10.2. The summed E-state index contributed by atoms with van der Waals surface area (Å²) in [4.78, 5) is 13.6. The molecule has 19 heavy (non-hydrogen) atoms. The summed E-state index contributed by atoms with van der Waals surface area (Å²) in [6.07, 6.45) is 0. The Morgan fingerprint density at radius 1 is 1.21 bits per heavy atom. The zero-order chi connectivity index (χ0) is 13.8. The van der Waals surface area contributed by atoms with Gasteiger partial charge in [0.2, 0.25) is 0 Å². The number of hydrogen-bond acceptors (Lipinski definition) is 2. The van der Waals surface area contributed by atoms with E-state index >= 15 is 0 Å². The Kier molecular flexibility index (Phi) is 3.80. The molecule has 3 nitrogen and oxygen atoms in total. The quantitative estimate of drug-likeness (QED) is 0.920. The molecule has 0 bridgehead atoms. The van der Waals surface area contributed by atoms with Crippen molar-refractivity contribution in [3.8, 4) is 5.75 Å². The third kappa shape index (κ3) is 3.31. The van der Waals surface area contributed by atoms with E-state index in [1.54, 1.807) is 31.3 Å². The first kappa shape index (κ1) is 13.1. The highest BCUT2D eigenvalue weighted by atomic mass is 19.1. The number of hydrogen-bond donors (Lipinski definition) is 1. The molecule has 0 aromatic heterocycles. The van der Waals surface area contributed by atoms with Crippen molar-refractivity contribution in [2.24, 2.45) is 0 Å². The highest BCUT2D eigenvalue weighted by Crippen LogP contribution is 2.14. The zero-order valence-corrected chi connectivity index (χ0v) is 10.5. The average molecular weight is 259 g/mol. The molecular formula is C15H14FNO2. The van der Waals surface area contributed by atoms with Crippen molar-refractivity contribution in [3.63, 3.8) is 0 Å². The number of nitrogens with zero attached hydrogens (tertiary/aromatic N) is 1. The van der Waals surface area contributed by atoms with Crippen LogP contribution in [0.15, 0.2) is 48.5 Å². The standard InChI is InChI=1S/C15H14FNO2/c1-17(10-11-4-2-6-13(16)8-11)15(19)12-5-3-7-14(18)9-12/h2-9,18H,10H2,1H3. The second kappa shape index (κ2) is 5.52. The van der Waals surface area contributed by atoms with Gasteiger partial charge in [0.05, 0.1) is 0 Å². The average Bonchev–Trinajstić information content (AvgIpc) is 2.38. The van der Waals surface area contributed by atoms with Gasteiger partial charge in [0.1, 0.15) is 11.6 Å². The maximum Gasteiger partial charge on any atom is 0.254 e. The van der Waals surface area contributed by atoms with E-state index in [9.17, 15) is 14.3 Å². The minimum atomic E-state index is -0.323. The lowest BCUT2D eigenvalue weighted by Crippen LogP contribution is -2.26. The van der Waals surface area contributed by atoms with E-state index in [1.165, 1.54) is 29.2 Å². The van der Waals surface area contributed by atoms with Crippen LogP contribution in [0.1, 0.15) is 15.9 Å². The molecule has 0 heterocycles. The van der Waals surface area contributed by atoms with Crippen LogP contribution in [0.4, 0.5) is 4.39 Å². The van der Waals surface area contributed by atoms with Gasteiger partial charge in [-0.3, -0.25) is 4.79 Å². The summed E-state index contributed by atoms with van der Waals surface area (Å²) in [6, 6.07) is 12.3. The summed E-state index contributed by atoms with van der Waals surface area (Å²) in [6.45, 7) is 0.312. The van der Waals surface area contributed by atoms with E-state index in [0.717, 1.165) is 5.56 Å². The van der Waals surface area contributed by atoms with E-state index in [2.05, 4.69) is 0 Å². The summed E-state index contributed by atoms with van der Waals surface area (Å²) in [7, 11) is 1.64. The highest BCUT2D eigenvalue weighted by molar-refractivity contribution is 5.94. The Morgan fingerprint density at radius 2 is 1.95 bits per heavy atom. The van der Waals surface area contributed by atoms with Crippen LogP contribution in [-0.2, 0) is 6.54 Å². The van der Waals surface area contributed by atoms with Crippen molar-refractivity contribution >= 4 is 5.91 Å². The van der Waals surface area contributed by atoms with Crippen molar-refractivity contribution in [2.45, 2.75) is 6.54 Å². The predicted octanol–water partition coefficient (Wildman–Crippen LogP) is 2.80. The third-order valence-electron chi connectivity index (χ3n) is 2.75. The Balaban J connectivity index is 2.12. The van der Waals surface area contributed by atoms with Gasteiger partial charge in [-0.05, 0) is 35.9 Å². The first-order chi connectivity index (χ1) is 9.06. The monoisotopic (exact) mass is 259 g/mol. The third-order valence-corrected chi connectivity index (χ3v) is 2.75. The Labute approximate surface area is 110 Å². The molecule has 0 spiro atoms. The second-order valence-corrected chi connectivity index (χ2v) is 4.34. The molecule has 1 amide bonds. The maximum absolute atomic E-state index is 13.1. The first-order valence-corrected chi connectivity index (χ1v) is 5.85. The van der Waals surface area contributed by atoms with Gasteiger partial charge in [0.25, 0.3) is 5.91 Å². The van der Waals surface area contributed by atoms with Gasteiger partial charge in [0, 0.05) is 19.2 Å². The molecule has 4 heteroatoms. The molecule has 0 fully saturated rings. The topological polar surface area (TPSA) is 40.5 Å². The lowest BCUT2D eigenvalue weighted by Gasteiger charge is -2.17. The van der Waals surface area contributed by atoms with Crippen LogP contribution in [0.2, 0.25) is 0 Å². The fourth-order valence-electron chi connectivity index (χ4n) is 1.84. The Morgan fingerprint density at radius 3 is 2.63 bits per heavy atom. The van der Waals surface area contributed by atoms with Gasteiger partial charge >= 0.3 is 0 Å². The molecular weight excluding hydrogens is 245 g/mol. The van der Waals surface area contributed by atoms with Crippen LogP contribution >= 0.6 is 0 Å². The Hall–Kier alpha value is -2.36. The maximum atomic E-state index is 13.1. The smallest absolute Gasteiger partial charge is 0.254 e. The second-order valence-electron chi connectivity index (χ2n) is 4.34. The van der Waals surface area contributed by atoms with E-state index in [1.807, 2.05) is 0 Å². The molecule has 0 atom stereocenters. The van der Waals surface area contributed by atoms with Crippen molar-refractivity contribution < 1.29 is 14.3 Å². The number of carbonyl (C=O) groups is 1. The van der Waals surface area contributed by atoms with Crippen LogP contribution in [0.5, 0.6) is 5.75 Å². The first-order valence-electron chi connectivity index (χ1n) is 5.85. The zero-order valence-electron chi connectivity index (χ0n) is 10.5. The summed E-state index contributed by atoms with van der Waals surface area (Å²) < 4.78 is 13.1. The number of rotatable bonds is 3. The van der Waals surface area contributed by atoms with Crippen molar-refractivity contribution in [2.75, 3.05) is 7.05 Å². The van der Waals surface area contributed by atoms with Crippen LogP contribution in [0, 0.1) is 5.82 Å². The molecule has 2 rings (SSSR count). The molecule has 98 valence electrons. The number of phenolic OH excluding ortho intramolecular Hbond substituents is 1. The number of benzene rings is 2. The molecule has 0 saturated carbocycles. The summed E-state index contributed by atoms with van der Waals surface area (Å²) >= 11 is 0. The fourth-order valence-corrected chi connectivity index (χ4v) is 1.84. The van der Waals surface area contributed by atoms with Crippen LogP contribution in [-0.4, -0.2) is 23.0 Å². The van der Waals surface area contributed by atoms with Crippen molar-refractivity contribution in [1.82, 2.24) is 4.90 Å². The summed E-state index contributed by atoms with van der Waals surface area (Å²) in [5.74, 6) is -0.499. The van der Waals surface area contributed by atoms with Crippen LogP contribution < -0.4 is 0 Å². The van der Waals surface area contributed by atoms with Crippen molar-refractivity contribution in [3.05, 3.63) is 65.5 Å². The Bertz CT molecular complexity index is 598. The SMILES string of the molecule is CN(Cc1cccc(F)c1)C(=O)c1cccc(O)c1. The number of halogens is 1. The number of amides is 1. The van der Waals surface area contributed by atoms with E-state index in [0.29, 0.717) is 12.1 Å². The molecule has 2 aromatic rings.